The summed E-state index contributed by atoms with van der Waals surface area (Å²) in [5, 5.41) is 23.9. The number of aromatic nitrogens is 5. The lowest BCUT2D eigenvalue weighted by Crippen LogP contribution is -2.08. The number of furan rings is 1. The van der Waals surface area contributed by atoms with Crippen LogP contribution in [0.3, 0.4) is 0 Å². The summed E-state index contributed by atoms with van der Waals surface area (Å²) in [6.45, 7) is 6.94. The van der Waals surface area contributed by atoms with Gasteiger partial charge in [0.2, 0.25) is 0 Å². The summed E-state index contributed by atoms with van der Waals surface area (Å²) >= 11 is 1.55. The number of hydrogen-bond donors (Lipinski definition) is 0. The molecule has 7 nitrogen and oxygen atoms in total. The van der Waals surface area contributed by atoms with Crippen molar-refractivity contribution in [2.75, 3.05) is 0 Å². The second kappa shape index (κ2) is 8.59. The number of para-hydroxylation sites is 1. The maximum absolute atomic E-state index is 9.70. The molecular formula is C22H22N6OS. The van der Waals surface area contributed by atoms with E-state index in [-0.39, 0.29) is 0 Å². The molecular weight excluding hydrogens is 396 g/mol. The predicted octanol–water partition coefficient (Wildman–Crippen LogP) is 4.85. The Balaban J connectivity index is 1.68. The third-order valence-electron chi connectivity index (χ3n) is 4.61. The van der Waals surface area contributed by atoms with Crippen LogP contribution in [0.25, 0.3) is 17.3 Å². The molecule has 0 unspecified atom stereocenters. The van der Waals surface area contributed by atoms with Crippen LogP contribution in [0.15, 0.2) is 58.3 Å². The normalized spacial score (nSPS) is 11.2. The lowest BCUT2D eigenvalue weighted by Gasteiger charge is -2.12. The van der Waals surface area contributed by atoms with E-state index in [1.54, 1.807) is 18.0 Å². The van der Waals surface area contributed by atoms with E-state index in [9.17, 15) is 5.26 Å². The zero-order chi connectivity index (χ0) is 21.1. The third kappa shape index (κ3) is 3.89. The van der Waals surface area contributed by atoms with Crippen LogP contribution < -0.4 is 0 Å². The summed E-state index contributed by atoms with van der Waals surface area (Å²) in [7, 11) is 0. The number of rotatable bonds is 7. The highest BCUT2D eigenvalue weighted by atomic mass is 32.2. The van der Waals surface area contributed by atoms with Gasteiger partial charge in [-0.3, -0.25) is 4.57 Å². The second-order valence-electron chi connectivity index (χ2n) is 7.34. The minimum atomic E-state index is 0.417. The molecule has 3 heterocycles. The first kappa shape index (κ1) is 20.0. The maximum Gasteiger partial charge on any atom is 0.200 e. The van der Waals surface area contributed by atoms with Gasteiger partial charge in [-0.1, -0.05) is 43.8 Å². The Kier molecular flexibility index (Phi) is 5.72. The van der Waals surface area contributed by atoms with Crippen molar-refractivity contribution in [1.29, 1.82) is 5.26 Å². The Bertz CT molecular complexity index is 1170. The first-order valence-corrected chi connectivity index (χ1v) is 10.7. The highest BCUT2D eigenvalue weighted by molar-refractivity contribution is 7.98. The zero-order valence-corrected chi connectivity index (χ0v) is 17.9. The molecule has 0 fully saturated rings. The van der Waals surface area contributed by atoms with Crippen LogP contribution in [0, 0.1) is 24.2 Å². The van der Waals surface area contributed by atoms with Gasteiger partial charge in [0.1, 0.15) is 6.07 Å². The maximum atomic E-state index is 9.70. The molecule has 0 saturated carbocycles. The van der Waals surface area contributed by atoms with Gasteiger partial charge in [-0.2, -0.15) is 10.4 Å². The molecule has 0 amide bonds. The quantitative estimate of drug-likeness (QED) is 0.399. The molecule has 0 atom stereocenters. The predicted molar refractivity (Wildman–Crippen MR) is 115 cm³/mol. The first-order valence-electron chi connectivity index (χ1n) is 9.72. The van der Waals surface area contributed by atoms with Gasteiger partial charge in [0.25, 0.3) is 0 Å². The van der Waals surface area contributed by atoms with Gasteiger partial charge < -0.3 is 4.42 Å². The highest BCUT2D eigenvalue weighted by Gasteiger charge is 2.21. The average molecular weight is 419 g/mol. The topological polar surface area (TPSA) is 85.5 Å². The molecule has 0 spiro atoms. The standard InChI is InChI=1S/C22H22N6OS/c1-15(2)13-27-21(20-10-7-11-29-20)24-25-22(27)30-14-19-18(12-23)16(3)26-28(19)17-8-5-4-6-9-17/h4-11,15H,13-14H2,1-3H3. The fourth-order valence-corrected chi connectivity index (χ4v) is 4.23. The van der Waals surface area contributed by atoms with E-state index >= 15 is 0 Å². The van der Waals surface area contributed by atoms with Crippen molar-refractivity contribution in [2.45, 2.75) is 38.2 Å². The molecule has 3 aromatic heterocycles. The Morgan fingerprint density at radius 1 is 1.13 bits per heavy atom. The lowest BCUT2D eigenvalue weighted by molar-refractivity contribution is 0.489. The summed E-state index contributed by atoms with van der Waals surface area (Å²) in [5.41, 5.74) is 3.10. The Morgan fingerprint density at radius 3 is 2.60 bits per heavy atom. The Hall–Kier alpha value is -3.31. The molecule has 0 aliphatic carbocycles. The molecule has 152 valence electrons. The monoisotopic (exact) mass is 418 g/mol. The molecule has 0 bridgehead atoms. The van der Waals surface area contributed by atoms with Crippen LogP contribution >= 0.6 is 11.8 Å². The fourth-order valence-electron chi connectivity index (χ4n) is 3.28. The van der Waals surface area contributed by atoms with Crippen LogP contribution in [0.1, 0.15) is 30.8 Å². The summed E-state index contributed by atoms with van der Waals surface area (Å²) < 4.78 is 9.47. The zero-order valence-electron chi connectivity index (χ0n) is 17.1. The molecule has 0 aliphatic rings. The van der Waals surface area contributed by atoms with E-state index in [1.165, 1.54) is 0 Å². The largest absolute Gasteiger partial charge is 0.461 e. The van der Waals surface area contributed by atoms with E-state index in [2.05, 4.69) is 39.8 Å². The molecule has 8 heteroatoms. The summed E-state index contributed by atoms with van der Waals surface area (Å²) in [5.74, 6) is 2.37. The molecule has 4 rings (SSSR count). The summed E-state index contributed by atoms with van der Waals surface area (Å²) in [4.78, 5) is 0. The number of nitriles is 1. The number of aryl methyl sites for hydroxylation is 1. The van der Waals surface area contributed by atoms with Gasteiger partial charge in [0.05, 0.1) is 28.9 Å². The van der Waals surface area contributed by atoms with Gasteiger partial charge in [-0.15, -0.1) is 10.2 Å². The van der Waals surface area contributed by atoms with Crippen LogP contribution in [0.5, 0.6) is 0 Å². The number of hydrogen-bond acceptors (Lipinski definition) is 6. The van der Waals surface area contributed by atoms with E-state index in [0.717, 1.165) is 28.8 Å². The van der Waals surface area contributed by atoms with Gasteiger partial charge in [-0.25, -0.2) is 4.68 Å². The van der Waals surface area contributed by atoms with Crippen LogP contribution in [0.2, 0.25) is 0 Å². The lowest BCUT2D eigenvalue weighted by atomic mass is 10.2. The van der Waals surface area contributed by atoms with E-state index in [4.69, 9.17) is 4.42 Å². The SMILES string of the molecule is Cc1nn(-c2ccccc2)c(CSc2nnc(-c3ccco3)n2CC(C)C)c1C#N. The van der Waals surface area contributed by atoms with Gasteiger partial charge >= 0.3 is 0 Å². The summed E-state index contributed by atoms with van der Waals surface area (Å²) in [6.07, 6.45) is 1.64. The smallest absolute Gasteiger partial charge is 0.200 e. The highest BCUT2D eigenvalue weighted by Crippen LogP contribution is 2.30. The second-order valence-corrected chi connectivity index (χ2v) is 8.29. The molecule has 0 radical (unpaired) electrons. The van der Waals surface area contributed by atoms with E-state index in [0.29, 0.717) is 28.8 Å². The van der Waals surface area contributed by atoms with Crippen molar-refractivity contribution in [3.05, 3.63) is 65.7 Å². The molecule has 0 aliphatic heterocycles. The minimum Gasteiger partial charge on any atom is -0.461 e. The van der Waals surface area contributed by atoms with Crippen molar-refractivity contribution >= 4 is 11.8 Å². The van der Waals surface area contributed by atoms with Crippen molar-refractivity contribution in [3.8, 4) is 23.3 Å². The minimum absolute atomic E-state index is 0.417. The molecule has 0 saturated heterocycles. The van der Waals surface area contributed by atoms with E-state index in [1.807, 2.05) is 54.1 Å². The van der Waals surface area contributed by atoms with E-state index < -0.39 is 0 Å². The van der Waals surface area contributed by atoms with Crippen molar-refractivity contribution in [3.63, 3.8) is 0 Å². The average Bonchev–Trinajstić information content (AvgIpc) is 3.46. The summed E-state index contributed by atoms with van der Waals surface area (Å²) in [6, 6.07) is 15.9. The number of thioether (sulfide) groups is 1. The molecule has 1 aromatic carbocycles. The van der Waals surface area contributed by atoms with Crippen LogP contribution in [-0.4, -0.2) is 24.5 Å². The van der Waals surface area contributed by atoms with Crippen LogP contribution in [-0.2, 0) is 12.3 Å². The van der Waals surface area contributed by atoms with Gasteiger partial charge in [0.15, 0.2) is 16.7 Å². The Morgan fingerprint density at radius 2 is 1.93 bits per heavy atom. The molecule has 4 aromatic rings. The van der Waals surface area contributed by atoms with Crippen molar-refractivity contribution in [1.82, 2.24) is 24.5 Å². The molecule has 0 N–H and O–H groups in total. The Labute approximate surface area is 179 Å². The van der Waals surface area contributed by atoms with Crippen LogP contribution in [0.4, 0.5) is 0 Å². The first-order chi connectivity index (χ1) is 14.6. The van der Waals surface area contributed by atoms with Crippen molar-refractivity contribution in [2.24, 2.45) is 5.92 Å². The number of nitrogens with zero attached hydrogens (tertiary/aromatic N) is 6. The fraction of sp³-hybridized carbons (Fsp3) is 0.273. The van der Waals surface area contributed by atoms with Crippen molar-refractivity contribution < 1.29 is 4.42 Å². The van der Waals surface area contributed by atoms with Gasteiger partial charge in [0, 0.05) is 12.3 Å². The molecule has 30 heavy (non-hydrogen) atoms. The number of benzene rings is 1. The van der Waals surface area contributed by atoms with Gasteiger partial charge in [-0.05, 0) is 37.1 Å². The third-order valence-corrected chi connectivity index (χ3v) is 5.59.